The van der Waals surface area contributed by atoms with Gasteiger partial charge in [0, 0.05) is 0 Å². The highest BCUT2D eigenvalue weighted by Gasteiger charge is 2.40. The van der Waals surface area contributed by atoms with E-state index in [1.807, 2.05) is 20.8 Å². The molecule has 1 aliphatic heterocycles. The highest BCUT2D eigenvalue weighted by molar-refractivity contribution is 6.69. The van der Waals surface area contributed by atoms with Crippen LogP contribution in [0.2, 0.25) is 19.6 Å². The average molecular weight is 301 g/mol. The molecular formula is C14H27NO4Si. The summed E-state index contributed by atoms with van der Waals surface area (Å²) < 4.78 is 11.0. The van der Waals surface area contributed by atoms with Crippen LogP contribution < -0.4 is 0 Å². The monoisotopic (exact) mass is 301 g/mol. The molecule has 1 saturated heterocycles. The molecule has 0 N–H and O–H groups in total. The second kappa shape index (κ2) is 6.71. The number of carbonyl (C=O) groups is 2. The highest BCUT2D eigenvalue weighted by atomic mass is 28.4. The first-order valence-corrected chi connectivity index (χ1v) is 10.7. The van der Waals surface area contributed by atoms with Crippen LogP contribution >= 0.6 is 0 Å². The van der Waals surface area contributed by atoms with E-state index in [4.69, 9.17) is 9.16 Å². The minimum absolute atomic E-state index is 0.122. The third kappa shape index (κ3) is 4.31. The van der Waals surface area contributed by atoms with Gasteiger partial charge in [0.15, 0.2) is 8.32 Å². The summed E-state index contributed by atoms with van der Waals surface area (Å²) in [5.41, 5.74) is 0. The van der Waals surface area contributed by atoms with Crippen molar-refractivity contribution in [1.82, 2.24) is 4.90 Å². The number of rotatable bonds is 6. The fourth-order valence-electron chi connectivity index (χ4n) is 2.51. The number of ether oxygens (including phenoxy) is 1. The van der Waals surface area contributed by atoms with Gasteiger partial charge in [-0.2, -0.15) is 0 Å². The Morgan fingerprint density at radius 3 is 2.35 bits per heavy atom. The Morgan fingerprint density at radius 2 is 2.00 bits per heavy atom. The van der Waals surface area contributed by atoms with E-state index in [0.717, 1.165) is 6.42 Å². The molecular weight excluding hydrogens is 274 g/mol. The summed E-state index contributed by atoms with van der Waals surface area (Å²) in [6.07, 6.45) is 0.105. The number of imide groups is 1. The molecule has 20 heavy (non-hydrogen) atoms. The van der Waals surface area contributed by atoms with E-state index in [1.54, 1.807) is 0 Å². The predicted molar refractivity (Wildman–Crippen MR) is 79.9 cm³/mol. The lowest BCUT2D eigenvalue weighted by Crippen LogP contribution is -2.47. The minimum atomic E-state index is -1.74. The van der Waals surface area contributed by atoms with Crippen molar-refractivity contribution in [3.05, 3.63) is 0 Å². The summed E-state index contributed by atoms with van der Waals surface area (Å²) in [6.45, 7) is 13.0. The van der Waals surface area contributed by atoms with Gasteiger partial charge in [0.25, 0.3) is 0 Å². The molecule has 1 aliphatic rings. The Kier molecular flexibility index (Phi) is 5.76. The maximum absolute atomic E-state index is 12.6. The van der Waals surface area contributed by atoms with Gasteiger partial charge in [0.1, 0.15) is 6.61 Å². The second-order valence-electron chi connectivity index (χ2n) is 6.55. The van der Waals surface area contributed by atoms with E-state index in [-0.39, 0.29) is 23.8 Å². The van der Waals surface area contributed by atoms with Crippen LogP contribution in [0.25, 0.3) is 0 Å². The Balaban J connectivity index is 2.91. The van der Waals surface area contributed by atoms with E-state index < -0.39 is 14.4 Å². The number of cyclic esters (lactones) is 1. The van der Waals surface area contributed by atoms with Crippen molar-refractivity contribution < 1.29 is 18.8 Å². The van der Waals surface area contributed by atoms with Crippen LogP contribution in [0.5, 0.6) is 0 Å². The minimum Gasteiger partial charge on any atom is -0.447 e. The molecule has 0 spiro atoms. The van der Waals surface area contributed by atoms with Crippen LogP contribution in [0.3, 0.4) is 0 Å². The molecule has 116 valence electrons. The fourth-order valence-corrected chi connectivity index (χ4v) is 3.73. The normalized spacial score (nSPS) is 19.1. The fraction of sp³-hybridized carbons (Fsp3) is 0.857. The first-order valence-electron chi connectivity index (χ1n) is 7.33. The maximum Gasteiger partial charge on any atom is 0.416 e. The van der Waals surface area contributed by atoms with Gasteiger partial charge in [0.2, 0.25) is 5.91 Å². The molecule has 0 radical (unpaired) electrons. The SMILES string of the molecule is CC[C@@H](O[Si](C)(C)C)[C@H](C(=O)N1CCOC1=O)C(C)C. The second-order valence-corrected chi connectivity index (χ2v) is 11.0. The van der Waals surface area contributed by atoms with Crippen molar-refractivity contribution >= 4 is 20.3 Å². The molecule has 0 aromatic carbocycles. The van der Waals surface area contributed by atoms with Gasteiger partial charge >= 0.3 is 6.09 Å². The molecule has 0 aromatic heterocycles. The van der Waals surface area contributed by atoms with Crippen LogP contribution in [0, 0.1) is 11.8 Å². The van der Waals surface area contributed by atoms with Gasteiger partial charge in [-0.1, -0.05) is 20.8 Å². The van der Waals surface area contributed by atoms with Gasteiger partial charge in [-0.05, 0) is 32.0 Å². The van der Waals surface area contributed by atoms with Gasteiger partial charge in [-0.25, -0.2) is 9.69 Å². The Bertz CT molecular complexity index is 365. The standard InChI is InChI=1S/C14H27NO4Si/c1-7-11(19-20(4,5)6)12(10(2)3)13(16)15-8-9-18-14(15)17/h10-12H,7-9H2,1-6H3/t11-,12-/m1/s1. The lowest BCUT2D eigenvalue weighted by Gasteiger charge is -2.34. The Labute approximate surface area is 122 Å². The van der Waals surface area contributed by atoms with Crippen molar-refractivity contribution in [3.8, 4) is 0 Å². The molecule has 6 heteroatoms. The van der Waals surface area contributed by atoms with E-state index in [1.165, 1.54) is 4.90 Å². The van der Waals surface area contributed by atoms with Crippen LogP contribution in [-0.4, -0.2) is 44.5 Å². The molecule has 0 aliphatic carbocycles. The third-order valence-electron chi connectivity index (χ3n) is 3.34. The zero-order chi connectivity index (χ0) is 15.5. The zero-order valence-electron chi connectivity index (χ0n) is 13.4. The van der Waals surface area contributed by atoms with Crippen molar-refractivity contribution in [2.45, 2.75) is 52.9 Å². The van der Waals surface area contributed by atoms with Gasteiger partial charge in [-0.15, -0.1) is 0 Å². The van der Waals surface area contributed by atoms with Crippen LogP contribution in [0.1, 0.15) is 27.2 Å². The highest BCUT2D eigenvalue weighted by Crippen LogP contribution is 2.27. The Morgan fingerprint density at radius 1 is 1.40 bits per heavy atom. The van der Waals surface area contributed by atoms with Gasteiger partial charge in [-0.3, -0.25) is 4.79 Å². The number of carbonyl (C=O) groups excluding carboxylic acids is 2. The quantitative estimate of drug-likeness (QED) is 0.708. The van der Waals surface area contributed by atoms with Crippen LogP contribution in [0.4, 0.5) is 4.79 Å². The van der Waals surface area contributed by atoms with Crippen molar-refractivity contribution in [2.24, 2.45) is 11.8 Å². The number of hydrogen-bond acceptors (Lipinski definition) is 4. The molecule has 1 fully saturated rings. The average Bonchev–Trinajstić information content (AvgIpc) is 2.72. The van der Waals surface area contributed by atoms with E-state index in [9.17, 15) is 9.59 Å². The molecule has 0 saturated carbocycles. The first kappa shape index (κ1) is 17.2. The first-order chi connectivity index (χ1) is 9.17. The molecule has 2 amide bonds. The summed E-state index contributed by atoms with van der Waals surface area (Å²) in [4.78, 5) is 25.5. The van der Waals surface area contributed by atoms with E-state index >= 15 is 0 Å². The van der Waals surface area contributed by atoms with Gasteiger partial charge in [0.05, 0.1) is 18.6 Å². The lowest BCUT2D eigenvalue weighted by molar-refractivity contribution is -0.137. The zero-order valence-corrected chi connectivity index (χ0v) is 14.4. The number of amides is 2. The topological polar surface area (TPSA) is 55.8 Å². The molecule has 1 heterocycles. The molecule has 0 unspecified atom stereocenters. The summed E-state index contributed by atoms with van der Waals surface area (Å²) in [6, 6.07) is 0. The van der Waals surface area contributed by atoms with Crippen molar-refractivity contribution in [2.75, 3.05) is 13.2 Å². The smallest absolute Gasteiger partial charge is 0.416 e. The number of hydrogen-bond donors (Lipinski definition) is 0. The van der Waals surface area contributed by atoms with E-state index in [0.29, 0.717) is 13.2 Å². The largest absolute Gasteiger partial charge is 0.447 e. The Hall–Kier alpha value is -0.883. The predicted octanol–water partition coefficient (Wildman–Crippen LogP) is 2.87. The lowest BCUT2D eigenvalue weighted by atomic mass is 9.87. The van der Waals surface area contributed by atoms with E-state index in [2.05, 4.69) is 19.6 Å². The van der Waals surface area contributed by atoms with Crippen LogP contribution in [-0.2, 0) is 14.0 Å². The summed E-state index contributed by atoms with van der Waals surface area (Å²) >= 11 is 0. The molecule has 0 bridgehead atoms. The summed E-state index contributed by atoms with van der Waals surface area (Å²) in [7, 11) is -1.74. The molecule has 5 nitrogen and oxygen atoms in total. The van der Waals surface area contributed by atoms with Crippen LogP contribution in [0.15, 0.2) is 0 Å². The molecule has 0 aromatic rings. The van der Waals surface area contributed by atoms with Gasteiger partial charge < -0.3 is 9.16 Å². The molecule has 2 atom stereocenters. The summed E-state index contributed by atoms with van der Waals surface area (Å²) in [5, 5.41) is 0. The number of nitrogens with zero attached hydrogens (tertiary/aromatic N) is 1. The maximum atomic E-state index is 12.6. The summed E-state index contributed by atoms with van der Waals surface area (Å²) in [5.74, 6) is -0.331. The van der Waals surface area contributed by atoms with Crippen molar-refractivity contribution in [3.63, 3.8) is 0 Å². The molecule has 1 rings (SSSR count). The van der Waals surface area contributed by atoms with Crippen molar-refractivity contribution in [1.29, 1.82) is 0 Å². The third-order valence-corrected chi connectivity index (χ3v) is 4.35.